The average Bonchev–Trinajstić information content (AvgIpc) is 2.77. The molecule has 3 N–H and O–H groups in total. The Bertz CT molecular complexity index is 373. The van der Waals surface area contributed by atoms with Crippen LogP contribution < -0.4 is 10.6 Å². The van der Waals surface area contributed by atoms with Crippen molar-refractivity contribution < 1.29 is 9.90 Å². The first-order valence-corrected chi connectivity index (χ1v) is 5.99. The fourth-order valence-corrected chi connectivity index (χ4v) is 2.01. The van der Waals surface area contributed by atoms with Crippen molar-refractivity contribution in [3.63, 3.8) is 0 Å². The van der Waals surface area contributed by atoms with Gasteiger partial charge in [0.1, 0.15) is 0 Å². The van der Waals surface area contributed by atoms with E-state index in [4.69, 9.17) is 0 Å². The highest BCUT2D eigenvalue weighted by atomic mass is 35.5. The van der Waals surface area contributed by atoms with Gasteiger partial charge >= 0.3 is 0 Å². The van der Waals surface area contributed by atoms with E-state index in [1.165, 1.54) is 5.56 Å². The smallest absolute Gasteiger partial charge is 0.237 e. The van der Waals surface area contributed by atoms with Gasteiger partial charge in [0.25, 0.3) is 0 Å². The molecule has 1 heterocycles. The number of carbonyl (C=O) groups excluding carboxylic acids is 1. The van der Waals surface area contributed by atoms with E-state index in [1.54, 1.807) is 0 Å². The Morgan fingerprint density at radius 1 is 1.39 bits per heavy atom. The van der Waals surface area contributed by atoms with Gasteiger partial charge in [-0.3, -0.25) is 4.79 Å². The summed E-state index contributed by atoms with van der Waals surface area (Å²) >= 11 is 0. The number of aliphatic hydroxyl groups excluding tert-OH is 1. The van der Waals surface area contributed by atoms with E-state index in [1.807, 2.05) is 30.3 Å². The molecule has 18 heavy (non-hydrogen) atoms. The van der Waals surface area contributed by atoms with Crippen LogP contribution in [0.3, 0.4) is 0 Å². The van der Waals surface area contributed by atoms with Gasteiger partial charge in [-0.05, 0) is 18.4 Å². The van der Waals surface area contributed by atoms with Crippen LogP contribution in [0, 0.1) is 0 Å². The summed E-state index contributed by atoms with van der Waals surface area (Å²) in [5, 5.41) is 15.2. The summed E-state index contributed by atoms with van der Waals surface area (Å²) in [4.78, 5) is 11.7. The first-order chi connectivity index (χ1) is 8.25. The molecule has 2 unspecified atom stereocenters. The van der Waals surface area contributed by atoms with Crippen molar-refractivity contribution in [2.24, 2.45) is 0 Å². The van der Waals surface area contributed by atoms with Gasteiger partial charge in [-0.25, -0.2) is 0 Å². The molecule has 0 aromatic heterocycles. The summed E-state index contributed by atoms with van der Waals surface area (Å²) in [6, 6.07) is 9.82. The van der Waals surface area contributed by atoms with E-state index in [0.717, 1.165) is 6.42 Å². The van der Waals surface area contributed by atoms with Crippen LogP contribution in [0.1, 0.15) is 12.0 Å². The Balaban J connectivity index is 0.00000162. The molecule has 1 amide bonds. The summed E-state index contributed by atoms with van der Waals surface area (Å²) in [6.07, 6.45) is 0.957. The zero-order valence-electron chi connectivity index (χ0n) is 10.1. The Morgan fingerprint density at radius 3 is 2.72 bits per heavy atom. The zero-order valence-corrected chi connectivity index (χ0v) is 11.0. The molecule has 1 fully saturated rings. The monoisotopic (exact) mass is 270 g/mol. The number of nitrogens with one attached hydrogen (secondary N) is 2. The summed E-state index contributed by atoms with van der Waals surface area (Å²) in [7, 11) is 0. The van der Waals surface area contributed by atoms with Gasteiger partial charge in [-0.2, -0.15) is 0 Å². The van der Waals surface area contributed by atoms with Gasteiger partial charge < -0.3 is 15.7 Å². The predicted molar refractivity (Wildman–Crippen MR) is 72.8 cm³/mol. The second-order valence-electron chi connectivity index (χ2n) is 4.38. The number of carbonyl (C=O) groups is 1. The van der Waals surface area contributed by atoms with Gasteiger partial charge in [-0.15, -0.1) is 12.4 Å². The lowest BCUT2D eigenvalue weighted by atomic mass is 10.1. The molecule has 2 rings (SSSR count). The highest BCUT2D eigenvalue weighted by molar-refractivity contribution is 5.85. The molecule has 0 aliphatic carbocycles. The number of hydrogen-bond donors (Lipinski definition) is 3. The normalized spacial score (nSPS) is 22.3. The third-order valence-corrected chi connectivity index (χ3v) is 2.98. The third-order valence-electron chi connectivity index (χ3n) is 2.98. The second-order valence-corrected chi connectivity index (χ2v) is 4.38. The number of halogens is 1. The Hall–Kier alpha value is -1.10. The van der Waals surface area contributed by atoms with Gasteiger partial charge in [0.2, 0.25) is 5.91 Å². The lowest BCUT2D eigenvalue weighted by molar-refractivity contribution is -0.122. The van der Waals surface area contributed by atoms with E-state index in [0.29, 0.717) is 19.5 Å². The van der Waals surface area contributed by atoms with Crippen LogP contribution in [0.4, 0.5) is 0 Å². The number of rotatable bonds is 4. The number of benzene rings is 1. The molecular weight excluding hydrogens is 252 g/mol. The molecule has 1 aliphatic rings. The average molecular weight is 271 g/mol. The molecule has 1 saturated heterocycles. The number of β-amino-alcohol motifs (C(OH)–C–C–N with tert-alkyl or cyclic N) is 1. The second kappa shape index (κ2) is 7.36. The minimum absolute atomic E-state index is 0. The molecule has 5 heteroatoms. The zero-order chi connectivity index (χ0) is 12.1. The van der Waals surface area contributed by atoms with Crippen LogP contribution in [-0.2, 0) is 11.2 Å². The van der Waals surface area contributed by atoms with Crippen LogP contribution >= 0.6 is 12.4 Å². The molecule has 2 atom stereocenters. The summed E-state index contributed by atoms with van der Waals surface area (Å²) in [6.45, 7) is 1.15. The van der Waals surface area contributed by atoms with Crippen LogP contribution in [0.2, 0.25) is 0 Å². The van der Waals surface area contributed by atoms with Crippen molar-refractivity contribution in [3.8, 4) is 0 Å². The highest BCUT2D eigenvalue weighted by Gasteiger charge is 2.27. The largest absolute Gasteiger partial charge is 0.392 e. The Kier molecular flexibility index (Phi) is 6.12. The fraction of sp³-hybridized carbons (Fsp3) is 0.462. The number of hydrogen-bond acceptors (Lipinski definition) is 3. The molecule has 1 aromatic rings. The maximum Gasteiger partial charge on any atom is 0.237 e. The van der Waals surface area contributed by atoms with Crippen LogP contribution in [0.25, 0.3) is 0 Å². The molecule has 100 valence electrons. The standard InChI is InChI=1S/C13H18N2O2.ClH/c16-11-8-12(15-9-11)13(17)14-7-6-10-4-2-1-3-5-10;/h1-5,11-12,15-16H,6-9H2,(H,14,17);1H. The van der Waals surface area contributed by atoms with E-state index in [2.05, 4.69) is 10.6 Å². The van der Waals surface area contributed by atoms with Gasteiger partial charge in [0.05, 0.1) is 12.1 Å². The quantitative estimate of drug-likeness (QED) is 0.746. The van der Waals surface area contributed by atoms with E-state index >= 15 is 0 Å². The maximum absolute atomic E-state index is 11.7. The van der Waals surface area contributed by atoms with Crippen molar-refractivity contribution in [2.75, 3.05) is 13.1 Å². The summed E-state index contributed by atoms with van der Waals surface area (Å²) in [5.41, 5.74) is 1.22. The Morgan fingerprint density at radius 2 is 2.11 bits per heavy atom. The lowest BCUT2D eigenvalue weighted by Gasteiger charge is -2.10. The van der Waals surface area contributed by atoms with Gasteiger partial charge in [0.15, 0.2) is 0 Å². The summed E-state index contributed by atoms with van der Waals surface area (Å²) in [5.74, 6) is -0.0162. The first-order valence-electron chi connectivity index (χ1n) is 5.99. The minimum Gasteiger partial charge on any atom is -0.392 e. The van der Waals surface area contributed by atoms with Crippen molar-refractivity contribution in [3.05, 3.63) is 35.9 Å². The van der Waals surface area contributed by atoms with Gasteiger partial charge in [-0.1, -0.05) is 30.3 Å². The molecule has 0 bridgehead atoms. The molecule has 1 aromatic carbocycles. The molecule has 0 radical (unpaired) electrons. The van der Waals surface area contributed by atoms with E-state index in [9.17, 15) is 9.90 Å². The fourth-order valence-electron chi connectivity index (χ4n) is 2.01. The van der Waals surface area contributed by atoms with E-state index in [-0.39, 0.29) is 30.5 Å². The van der Waals surface area contributed by atoms with Crippen LogP contribution in [-0.4, -0.2) is 36.2 Å². The van der Waals surface area contributed by atoms with Crippen molar-refractivity contribution >= 4 is 18.3 Å². The maximum atomic E-state index is 11.7. The highest BCUT2D eigenvalue weighted by Crippen LogP contribution is 2.06. The van der Waals surface area contributed by atoms with Crippen LogP contribution in [0.5, 0.6) is 0 Å². The molecule has 4 nitrogen and oxygen atoms in total. The third kappa shape index (κ3) is 4.29. The van der Waals surface area contributed by atoms with Crippen molar-refractivity contribution in [1.29, 1.82) is 0 Å². The van der Waals surface area contributed by atoms with Gasteiger partial charge in [0, 0.05) is 13.1 Å². The van der Waals surface area contributed by atoms with E-state index < -0.39 is 0 Å². The molecule has 0 saturated carbocycles. The van der Waals surface area contributed by atoms with Crippen LogP contribution in [0.15, 0.2) is 30.3 Å². The topological polar surface area (TPSA) is 61.4 Å². The number of amides is 1. The molecular formula is C13H19ClN2O2. The predicted octanol–water partition coefficient (Wildman–Crippen LogP) is 0.490. The van der Waals surface area contributed by atoms with Crippen molar-refractivity contribution in [2.45, 2.75) is 25.0 Å². The van der Waals surface area contributed by atoms with Crippen molar-refractivity contribution in [1.82, 2.24) is 10.6 Å². The summed E-state index contributed by atoms with van der Waals surface area (Å²) < 4.78 is 0. The first kappa shape index (κ1) is 15.0. The Labute approximate surface area is 113 Å². The molecule has 0 spiro atoms. The molecule has 1 aliphatic heterocycles. The minimum atomic E-state index is -0.389. The lowest BCUT2D eigenvalue weighted by Crippen LogP contribution is -2.41. The SMILES string of the molecule is Cl.O=C(NCCc1ccccc1)C1CC(O)CN1. The number of aliphatic hydroxyl groups is 1.